The van der Waals surface area contributed by atoms with Crippen LogP contribution in [0.2, 0.25) is 0 Å². The highest BCUT2D eigenvalue weighted by Gasteiger charge is 2.59. The first-order valence-electron chi connectivity index (χ1n) is 6.47. The van der Waals surface area contributed by atoms with E-state index in [1.54, 1.807) is 0 Å². The second-order valence-corrected chi connectivity index (χ2v) is 6.10. The van der Waals surface area contributed by atoms with Crippen molar-refractivity contribution in [2.24, 2.45) is 17.1 Å². The lowest BCUT2D eigenvalue weighted by atomic mass is 9.81. The molecule has 2 atom stereocenters. The maximum Gasteiger partial charge on any atom is 0.224 e. The zero-order valence-corrected chi connectivity index (χ0v) is 10.9. The summed E-state index contributed by atoms with van der Waals surface area (Å²) in [4.78, 5) is 14.0. The van der Waals surface area contributed by atoms with Crippen LogP contribution in [0.25, 0.3) is 0 Å². The van der Waals surface area contributed by atoms with Crippen molar-refractivity contribution in [2.45, 2.75) is 65.1 Å². The third kappa shape index (κ3) is 1.56. The van der Waals surface area contributed by atoms with Crippen LogP contribution in [-0.2, 0) is 4.79 Å². The predicted molar refractivity (Wildman–Crippen MR) is 64.9 cm³/mol. The molecule has 0 bridgehead atoms. The molecule has 0 aromatic carbocycles. The number of amides is 1. The monoisotopic (exact) mass is 224 g/mol. The molecule has 2 fully saturated rings. The summed E-state index contributed by atoms with van der Waals surface area (Å²) in [6, 6.07) is 0.599. The van der Waals surface area contributed by atoms with Crippen LogP contribution >= 0.6 is 0 Å². The van der Waals surface area contributed by atoms with Gasteiger partial charge in [-0.25, -0.2) is 0 Å². The molecule has 1 saturated heterocycles. The zero-order valence-electron chi connectivity index (χ0n) is 10.9. The Hall–Kier alpha value is -0.570. The third-order valence-corrected chi connectivity index (χ3v) is 4.53. The van der Waals surface area contributed by atoms with Gasteiger partial charge in [0.2, 0.25) is 5.91 Å². The minimum Gasteiger partial charge on any atom is -0.335 e. The van der Waals surface area contributed by atoms with Crippen molar-refractivity contribution < 1.29 is 4.79 Å². The molecule has 0 unspecified atom stereocenters. The first-order chi connectivity index (χ1) is 7.40. The van der Waals surface area contributed by atoms with Gasteiger partial charge in [0.15, 0.2) is 0 Å². The maximum atomic E-state index is 12.0. The van der Waals surface area contributed by atoms with Crippen LogP contribution in [0.1, 0.15) is 47.0 Å². The maximum absolute atomic E-state index is 12.0. The van der Waals surface area contributed by atoms with Gasteiger partial charge >= 0.3 is 0 Å². The Labute approximate surface area is 98.4 Å². The summed E-state index contributed by atoms with van der Waals surface area (Å²) >= 11 is 0. The van der Waals surface area contributed by atoms with E-state index in [1.165, 1.54) is 12.8 Å². The molecule has 2 rings (SSSR count). The van der Waals surface area contributed by atoms with Crippen molar-refractivity contribution in [2.75, 3.05) is 0 Å². The van der Waals surface area contributed by atoms with Gasteiger partial charge in [-0.3, -0.25) is 4.79 Å². The van der Waals surface area contributed by atoms with Crippen molar-refractivity contribution in [3.63, 3.8) is 0 Å². The van der Waals surface area contributed by atoms with E-state index in [0.717, 1.165) is 0 Å². The molecular weight excluding hydrogens is 200 g/mol. The van der Waals surface area contributed by atoms with Crippen LogP contribution in [0.5, 0.6) is 0 Å². The topological polar surface area (TPSA) is 46.3 Å². The minimum atomic E-state index is 0.0415. The number of hydrogen-bond acceptors (Lipinski definition) is 2. The molecule has 1 aliphatic heterocycles. The number of nitrogens with zero attached hydrogens (tertiary/aromatic N) is 1. The van der Waals surface area contributed by atoms with Crippen molar-refractivity contribution in [1.29, 1.82) is 0 Å². The predicted octanol–water partition coefficient (Wildman–Crippen LogP) is 1.76. The molecule has 0 spiro atoms. The lowest BCUT2D eigenvalue weighted by molar-refractivity contribution is -0.131. The van der Waals surface area contributed by atoms with E-state index in [1.807, 2.05) is 0 Å². The molecule has 1 aliphatic carbocycles. The van der Waals surface area contributed by atoms with E-state index in [4.69, 9.17) is 5.73 Å². The Balaban J connectivity index is 2.27. The van der Waals surface area contributed by atoms with Crippen molar-refractivity contribution in [3.8, 4) is 0 Å². The SMILES string of the molecule is CC(C)N1C(=O)C[C@H](N)[C@H]1C1(C(C)C)CC1. The molecule has 1 heterocycles. The molecule has 0 aromatic rings. The Bertz CT molecular complexity index is 294. The van der Waals surface area contributed by atoms with Crippen molar-refractivity contribution >= 4 is 5.91 Å². The first-order valence-corrected chi connectivity index (χ1v) is 6.47. The Morgan fingerprint density at radius 1 is 1.31 bits per heavy atom. The van der Waals surface area contributed by atoms with Gasteiger partial charge in [-0.05, 0) is 38.0 Å². The Morgan fingerprint density at radius 3 is 2.25 bits per heavy atom. The first kappa shape index (κ1) is 11.9. The van der Waals surface area contributed by atoms with E-state index < -0.39 is 0 Å². The number of rotatable bonds is 3. The second kappa shape index (κ2) is 3.73. The number of hydrogen-bond donors (Lipinski definition) is 1. The molecule has 16 heavy (non-hydrogen) atoms. The minimum absolute atomic E-state index is 0.0415. The van der Waals surface area contributed by atoms with E-state index in [0.29, 0.717) is 17.8 Å². The normalized spacial score (nSPS) is 32.9. The highest BCUT2D eigenvalue weighted by atomic mass is 16.2. The highest BCUT2D eigenvalue weighted by molar-refractivity contribution is 5.80. The standard InChI is InChI=1S/C13H24N2O/c1-8(2)13(5-6-13)12-10(14)7-11(16)15(12)9(3)4/h8-10,12H,5-7,14H2,1-4H3/t10-,12-/m0/s1. The zero-order chi connectivity index (χ0) is 12.1. The largest absolute Gasteiger partial charge is 0.335 e. The van der Waals surface area contributed by atoms with E-state index in [2.05, 4.69) is 32.6 Å². The number of carbonyl (C=O) groups is 1. The smallest absolute Gasteiger partial charge is 0.224 e. The molecule has 1 saturated carbocycles. The number of nitrogens with two attached hydrogens (primary N) is 1. The second-order valence-electron chi connectivity index (χ2n) is 6.10. The van der Waals surface area contributed by atoms with Gasteiger partial charge in [-0.2, -0.15) is 0 Å². The molecule has 2 N–H and O–H groups in total. The summed E-state index contributed by atoms with van der Waals surface area (Å²) in [5.74, 6) is 0.870. The summed E-state index contributed by atoms with van der Waals surface area (Å²) in [6.07, 6.45) is 3.01. The van der Waals surface area contributed by atoms with Crippen LogP contribution in [0.3, 0.4) is 0 Å². The summed E-state index contributed by atoms with van der Waals surface area (Å²) in [5, 5.41) is 0. The third-order valence-electron chi connectivity index (χ3n) is 4.53. The van der Waals surface area contributed by atoms with Gasteiger partial charge in [0.1, 0.15) is 0 Å². The van der Waals surface area contributed by atoms with Crippen LogP contribution in [-0.4, -0.2) is 28.9 Å². The highest BCUT2D eigenvalue weighted by Crippen LogP contribution is 2.58. The van der Waals surface area contributed by atoms with Gasteiger partial charge < -0.3 is 10.6 Å². The van der Waals surface area contributed by atoms with Crippen LogP contribution < -0.4 is 5.73 Å². The lowest BCUT2D eigenvalue weighted by Crippen LogP contribution is -2.51. The number of carbonyl (C=O) groups excluding carboxylic acids is 1. The Morgan fingerprint density at radius 2 is 1.88 bits per heavy atom. The molecular formula is C13H24N2O. The van der Waals surface area contributed by atoms with Gasteiger partial charge in [0.05, 0.1) is 6.04 Å². The average molecular weight is 224 g/mol. The fraction of sp³-hybridized carbons (Fsp3) is 0.923. The van der Waals surface area contributed by atoms with Gasteiger partial charge in [0, 0.05) is 18.5 Å². The van der Waals surface area contributed by atoms with Gasteiger partial charge in [0.25, 0.3) is 0 Å². The quantitative estimate of drug-likeness (QED) is 0.794. The van der Waals surface area contributed by atoms with E-state index in [9.17, 15) is 4.79 Å². The lowest BCUT2D eigenvalue weighted by Gasteiger charge is -2.38. The van der Waals surface area contributed by atoms with E-state index in [-0.39, 0.29) is 24.0 Å². The summed E-state index contributed by atoms with van der Waals surface area (Å²) in [6.45, 7) is 8.72. The van der Waals surface area contributed by atoms with Crippen LogP contribution in [0, 0.1) is 11.3 Å². The van der Waals surface area contributed by atoms with Gasteiger partial charge in [-0.1, -0.05) is 13.8 Å². The molecule has 3 heteroatoms. The summed E-state index contributed by atoms with van der Waals surface area (Å²) in [7, 11) is 0. The number of likely N-dealkylation sites (tertiary alicyclic amines) is 1. The fourth-order valence-corrected chi connectivity index (χ4v) is 3.45. The average Bonchev–Trinajstić information content (AvgIpc) is 2.88. The summed E-state index contributed by atoms with van der Waals surface area (Å²) in [5.41, 5.74) is 6.51. The molecule has 1 amide bonds. The molecule has 2 aliphatic rings. The molecule has 3 nitrogen and oxygen atoms in total. The van der Waals surface area contributed by atoms with Crippen molar-refractivity contribution in [3.05, 3.63) is 0 Å². The van der Waals surface area contributed by atoms with Crippen LogP contribution in [0.4, 0.5) is 0 Å². The van der Waals surface area contributed by atoms with Crippen molar-refractivity contribution in [1.82, 2.24) is 4.90 Å². The van der Waals surface area contributed by atoms with Crippen LogP contribution in [0.15, 0.2) is 0 Å². The summed E-state index contributed by atoms with van der Waals surface area (Å²) < 4.78 is 0. The fourth-order valence-electron chi connectivity index (χ4n) is 3.45. The van der Waals surface area contributed by atoms with E-state index >= 15 is 0 Å². The van der Waals surface area contributed by atoms with Gasteiger partial charge in [-0.15, -0.1) is 0 Å². The Kier molecular flexibility index (Phi) is 2.77. The molecule has 0 radical (unpaired) electrons. The molecule has 0 aromatic heterocycles. The molecule has 92 valence electrons.